The van der Waals surface area contributed by atoms with Gasteiger partial charge in [0.2, 0.25) is 0 Å². The molecule has 2 aromatic rings. The Bertz CT molecular complexity index is 433. The van der Waals surface area contributed by atoms with Gasteiger partial charge >= 0.3 is 0 Å². The molecule has 1 aromatic heterocycles. The van der Waals surface area contributed by atoms with Gasteiger partial charge in [-0.05, 0) is 25.2 Å². The van der Waals surface area contributed by atoms with Crippen molar-refractivity contribution in [1.82, 2.24) is 14.9 Å². The van der Waals surface area contributed by atoms with E-state index in [1.165, 1.54) is 0 Å². The van der Waals surface area contributed by atoms with Gasteiger partial charge in [-0.3, -0.25) is 0 Å². The van der Waals surface area contributed by atoms with Gasteiger partial charge in [0.25, 0.3) is 0 Å². The molecule has 0 aliphatic rings. The maximum atomic E-state index is 4.29. The third kappa shape index (κ3) is 1.56. The highest BCUT2D eigenvalue weighted by atomic mass is 15.0. The number of hydrogen-bond donors (Lipinski definition) is 2. The number of imidazole rings is 1. The predicted molar refractivity (Wildman–Crippen MR) is 58.3 cm³/mol. The summed E-state index contributed by atoms with van der Waals surface area (Å²) in [6.45, 7) is 0.762. The maximum absolute atomic E-state index is 4.29. The first kappa shape index (κ1) is 9.02. The van der Waals surface area contributed by atoms with Gasteiger partial charge in [0, 0.05) is 12.7 Å². The van der Waals surface area contributed by atoms with E-state index in [2.05, 4.69) is 27.8 Å². The minimum absolute atomic E-state index is 0.762. The molecule has 2 N–H and O–H groups in total. The number of nitrogens with one attached hydrogen (secondary N) is 2. The van der Waals surface area contributed by atoms with Crippen LogP contribution in [-0.2, 0) is 7.05 Å². The zero-order valence-corrected chi connectivity index (χ0v) is 8.41. The highest BCUT2D eigenvalue weighted by Gasteiger charge is 1.99. The third-order valence-electron chi connectivity index (χ3n) is 2.19. The van der Waals surface area contributed by atoms with Crippen molar-refractivity contribution in [3.8, 4) is 0 Å². The quantitative estimate of drug-likeness (QED) is 0.714. The monoisotopic (exact) mass is 190 g/mol. The molecule has 0 saturated heterocycles. The van der Waals surface area contributed by atoms with E-state index in [4.69, 9.17) is 0 Å². The summed E-state index contributed by atoms with van der Waals surface area (Å²) < 4.78 is 2.01. The van der Waals surface area contributed by atoms with Crippen molar-refractivity contribution >= 4 is 16.7 Å². The van der Waals surface area contributed by atoms with Gasteiger partial charge in [0.05, 0.1) is 24.0 Å². The fourth-order valence-electron chi connectivity index (χ4n) is 1.44. The summed E-state index contributed by atoms with van der Waals surface area (Å²) in [4.78, 5) is 4.29. The molecule has 0 unspecified atom stereocenters. The predicted octanol–water partition coefficient (Wildman–Crippen LogP) is 1.16. The highest BCUT2D eigenvalue weighted by molar-refractivity contribution is 5.79. The van der Waals surface area contributed by atoms with Crippen molar-refractivity contribution in [3.63, 3.8) is 0 Å². The normalized spacial score (nSPS) is 10.7. The van der Waals surface area contributed by atoms with Gasteiger partial charge in [-0.2, -0.15) is 0 Å². The summed E-state index contributed by atoms with van der Waals surface area (Å²) >= 11 is 0. The molecular formula is C10H14N4. The van der Waals surface area contributed by atoms with Gasteiger partial charge in [-0.25, -0.2) is 4.98 Å². The van der Waals surface area contributed by atoms with Crippen LogP contribution in [-0.4, -0.2) is 23.3 Å². The number of hydrogen-bond acceptors (Lipinski definition) is 3. The van der Waals surface area contributed by atoms with E-state index in [0.717, 1.165) is 23.4 Å². The molecule has 0 saturated carbocycles. The number of benzene rings is 1. The average molecular weight is 190 g/mol. The van der Waals surface area contributed by atoms with Crippen LogP contribution in [0, 0.1) is 0 Å². The lowest BCUT2D eigenvalue weighted by Gasteiger charge is -2.04. The molecule has 0 aliphatic carbocycles. The molecule has 0 fully saturated rings. The van der Waals surface area contributed by atoms with Crippen LogP contribution in [0.1, 0.15) is 0 Å². The number of nitrogens with zero attached hydrogens (tertiary/aromatic N) is 2. The molecule has 4 nitrogen and oxygen atoms in total. The summed E-state index contributed by atoms with van der Waals surface area (Å²) in [6.07, 6.45) is 1.83. The number of aryl methyl sites for hydroxylation is 1. The molecule has 1 aromatic carbocycles. The number of aromatic nitrogens is 2. The lowest BCUT2D eigenvalue weighted by atomic mass is 10.3. The Balaban J connectivity index is 2.32. The molecule has 74 valence electrons. The molecule has 0 atom stereocenters. The average Bonchev–Trinajstić information content (AvgIpc) is 2.57. The van der Waals surface area contributed by atoms with Crippen LogP contribution in [0.25, 0.3) is 11.0 Å². The fourth-order valence-corrected chi connectivity index (χ4v) is 1.44. The smallest absolute Gasteiger partial charge is 0.0955 e. The molecule has 4 heteroatoms. The first-order chi connectivity index (χ1) is 6.81. The second-order valence-electron chi connectivity index (χ2n) is 3.27. The Morgan fingerprint density at radius 3 is 3.07 bits per heavy atom. The van der Waals surface area contributed by atoms with Crippen LogP contribution in [0.5, 0.6) is 0 Å². The van der Waals surface area contributed by atoms with Crippen LogP contribution in [0.15, 0.2) is 24.5 Å². The zero-order chi connectivity index (χ0) is 9.97. The Labute approximate surface area is 82.9 Å². The first-order valence-corrected chi connectivity index (χ1v) is 4.61. The van der Waals surface area contributed by atoms with E-state index in [1.807, 2.05) is 31.1 Å². The summed E-state index contributed by atoms with van der Waals surface area (Å²) in [5, 5.41) is 6.27. The second-order valence-corrected chi connectivity index (χ2v) is 3.27. The minimum Gasteiger partial charge on any atom is -0.372 e. The SMILES string of the molecule is CNCNc1ccc2c(c1)ncn2C. The second kappa shape index (κ2) is 3.67. The molecule has 0 radical (unpaired) electrons. The van der Waals surface area contributed by atoms with Crippen LogP contribution < -0.4 is 10.6 Å². The summed E-state index contributed by atoms with van der Waals surface area (Å²) in [6, 6.07) is 6.17. The highest BCUT2D eigenvalue weighted by Crippen LogP contribution is 2.16. The van der Waals surface area contributed by atoms with Gasteiger partial charge in [0.1, 0.15) is 0 Å². The van der Waals surface area contributed by atoms with E-state index >= 15 is 0 Å². The van der Waals surface area contributed by atoms with E-state index in [0.29, 0.717) is 0 Å². The van der Waals surface area contributed by atoms with Crippen LogP contribution in [0.4, 0.5) is 5.69 Å². The topological polar surface area (TPSA) is 41.9 Å². The minimum atomic E-state index is 0.762. The molecular weight excluding hydrogens is 176 g/mol. The van der Waals surface area contributed by atoms with E-state index in [9.17, 15) is 0 Å². The summed E-state index contributed by atoms with van der Waals surface area (Å²) in [5.74, 6) is 0. The Morgan fingerprint density at radius 1 is 1.43 bits per heavy atom. The Kier molecular flexibility index (Phi) is 2.37. The van der Waals surface area contributed by atoms with E-state index < -0.39 is 0 Å². The Morgan fingerprint density at radius 2 is 2.29 bits per heavy atom. The molecule has 0 spiro atoms. The Hall–Kier alpha value is -1.55. The molecule has 14 heavy (non-hydrogen) atoms. The molecule has 2 rings (SSSR count). The van der Waals surface area contributed by atoms with Gasteiger partial charge < -0.3 is 15.2 Å². The van der Waals surface area contributed by atoms with Crippen molar-refractivity contribution in [2.45, 2.75) is 0 Å². The number of fused-ring (bicyclic) bond motifs is 1. The van der Waals surface area contributed by atoms with E-state index in [1.54, 1.807) is 0 Å². The van der Waals surface area contributed by atoms with E-state index in [-0.39, 0.29) is 0 Å². The fraction of sp³-hybridized carbons (Fsp3) is 0.300. The van der Waals surface area contributed by atoms with Crippen molar-refractivity contribution in [2.24, 2.45) is 7.05 Å². The third-order valence-corrected chi connectivity index (χ3v) is 2.19. The standard InChI is InChI=1S/C10H14N4/c1-11-6-12-8-3-4-10-9(5-8)13-7-14(10)2/h3-5,7,11-12H,6H2,1-2H3. The maximum Gasteiger partial charge on any atom is 0.0955 e. The summed E-state index contributed by atoms with van der Waals surface area (Å²) in [5.41, 5.74) is 3.26. The summed E-state index contributed by atoms with van der Waals surface area (Å²) in [7, 11) is 3.91. The van der Waals surface area contributed by atoms with Crippen molar-refractivity contribution in [3.05, 3.63) is 24.5 Å². The van der Waals surface area contributed by atoms with Gasteiger partial charge in [0.15, 0.2) is 0 Å². The van der Waals surface area contributed by atoms with Crippen molar-refractivity contribution in [2.75, 3.05) is 19.0 Å². The zero-order valence-electron chi connectivity index (χ0n) is 8.41. The molecule has 0 amide bonds. The number of anilines is 1. The van der Waals surface area contributed by atoms with Crippen LogP contribution in [0.3, 0.4) is 0 Å². The largest absolute Gasteiger partial charge is 0.372 e. The van der Waals surface area contributed by atoms with Crippen molar-refractivity contribution < 1.29 is 0 Å². The van der Waals surface area contributed by atoms with Gasteiger partial charge in [-0.15, -0.1) is 0 Å². The van der Waals surface area contributed by atoms with Crippen molar-refractivity contribution in [1.29, 1.82) is 0 Å². The lowest BCUT2D eigenvalue weighted by molar-refractivity contribution is 0.875. The first-order valence-electron chi connectivity index (χ1n) is 4.61. The van der Waals surface area contributed by atoms with Crippen LogP contribution >= 0.6 is 0 Å². The van der Waals surface area contributed by atoms with Crippen LogP contribution in [0.2, 0.25) is 0 Å². The number of rotatable bonds is 3. The molecule has 1 heterocycles. The molecule has 0 aliphatic heterocycles. The van der Waals surface area contributed by atoms with Gasteiger partial charge in [-0.1, -0.05) is 0 Å². The molecule has 0 bridgehead atoms. The lowest BCUT2D eigenvalue weighted by Crippen LogP contribution is -2.16.